The van der Waals surface area contributed by atoms with E-state index >= 15 is 0 Å². The number of likely N-dealkylation sites (tertiary alicyclic amines) is 1. The Morgan fingerprint density at radius 1 is 1.30 bits per heavy atom. The van der Waals surface area contributed by atoms with Crippen molar-refractivity contribution in [2.45, 2.75) is 39.3 Å². The number of aromatic nitrogens is 3. The van der Waals surface area contributed by atoms with Crippen LogP contribution in [0.5, 0.6) is 0 Å². The van der Waals surface area contributed by atoms with E-state index in [-0.39, 0.29) is 24.0 Å². The van der Waals surface area contributed by atoms with Gasteiger partial charge >= 0.3 is 0 Å². The van der Waals surface area contributed by atoms with Crippen molar-refractivity contribution in [3.8, 4) is 5.82 Å². The van der Waals surface area contributed by atoms with E-state index in [1.165, 1.54) is 0 Å². The maximum atomic E-state index is 5.72. The van der Waals surface area contributed by atoms with Gasteiger partial charge in [-0.1, -0.05) is 6.07 Å². The van der Waals surface area contributed by atoms with Crippen molar-refractivity contribution in [1.29, 1.82) is 0 Å². The summed E-state index contributed by atoms with van der Waals surface area (Å²) in [5, 5.41) is 3.44. The van der Waals surface area contributed by atoms with Crippen LogP contribution in [0.1, 0.15) is 31.2 Å². The monoisotopic (exact) mass is 484 g/mol. The molecule has 0 unspecified atom stereocenters. The zero-order chi connectivity index (χ0) is 18.4. The number of hydrogen-bond donors (Lipinski definition) is 1. The van der Waals surface area contributed by atoms with E-state index in [9.17, 15) is 0 Å². The molecule has 0 bridgehead atoms. The number of guanidine groups is 1. The Morgan fingerprint density at radius 3 is 2.63 bits per heavy atom. The molecule has 0 aliphatic carbocycles. The molecule has 0 amide bonds. The van der Waals surface area contributed by atoms with Crippen molar-refractivity contribution in [2.75, 3.05) is 26.7 Å². The number of imidazole rings is 1. The predicted molar refractivity (Wildman–Crippen MR) is 118 cm³/mol. The Hall–Kier alpha value is -1.68. The number of rotatable bonds is 5. The summed E-state index contributed by atoms with van der Waals surface area (Å²) in [6, 6.07) is 4.10. The molecule has 148 valence electrons. The molecule has 0 saturated carbocycles. The summed E-state index contributed by atoms with van der Waals surface area (Å²) >= 11 is 0. The SMILES string of the molecule is CCOC1CCN(C(=NC)NCc2ccc(-n3ccnc3C)nc2)CC1.I. The summed E-state index contributed by atoms with van der Waals surface area (Å²) < 4.78 is 7.69. The van der Waals surface area contributed by atoms with Crippen LogP contribution in [0.3, 0.4) is 0 Å². The zero-order valence-electron chi connectivity index (χ0n) is 16.3. The number of ether oxygens (including phenoxy) is 1. The molecule has 1 aliphatic heterocycles. The van der Waals surface area contributed by atoms with Gasteiger partial charge in [0.25, 0.3) is 0 Å². The summed E-state index contributed by atoms with van der Waals surface area (Å²) in [5.74, 6) is 2.75. The van der Waals surface area contributed by atoms with Gasteiger partial charge in [-0.15, -0.1) is 24.0 Å². The fraction of sp³-hybridized carbons (Fsp3) is 0.526. The summed E-state index contributed by atoms with van der Waals surface area (Å²) in [6.07, 6.45) is 8.09. The van der Waals surface area contributed by atoms with Crippen LogP contribution in [0.15, 0.2) is 35.7 Å². The second-order valence-electron chi connectivity index (χ2n) is 6.41. The molecule has 3 heterocycles. The van der Waals surface area contributed by atoms with Crippen molar-refractivity contribution in [2.24, 2.45) is 4.99 Å². The lowest BCUT2D eigenvalue weighted by molar-refractivity contribution is 0.0263. The van der Waals surface area contributed by atoms with Gasteiger partial charge in [0.05, 0.1) is 6.10 Å². The number of hydrogen-bond acceptors (Lipinski definition) is 4. The lowest BCUT2D eigenvalue weighted by Gasteiger charge is -2.34. The predicted octanol–water partition coefficient (Wildman–Crippen LogP) is 2.77. The molecule has 8 heteroatoms. The second kappa shape index (κ2) is 10.6. The Morgan fingerprint density at radius 2 is 2.07 bits per heavy atom. The lowest BCUT2D eigenvalue weighted by atomic mass is 10.1. The topological polar surface area (TPSA) is 67.6 Å². The van der Waals surface area contributed by atoms with Crippen LogP contribution in [0, 0.1) is 6.92 Å². The van der Waals surface area contributed by atoms with E-state index in [0.29, 0.717) is 12.6 Å². The van der Waals surface area contributed by atoms with Crippen molar-refractivity contribution in [1.82, 2.24) is 24.8 Å². The number of aryl methyl sites for hydroxylation is 1. The Bertz CT molecular complexity index is 722. The smallest absolute Gasteiger partial charge is 0.193 e. The molecule has 1 aliphatic rings. The highest BCUT2D eigenvalue weighted by Crippen LogP contribution is 2.14. The number of halogens is 1. The minimum absolute atomic E-state index is 0. The lowest BCUT2D eigenvalue weighted by Crippen LogP contribution is -2.46. The van der Waals surface area contributed by atoms with Crippen LogP contribution < -0.4 is 5.32 Å². The molecule has 0 atom stereocenters. The van der Waals surface area contributed by atoms with Gasteiger partial charge in [0.15, 0.2) is 5.96 Å². The van der Waals surface area contributed by atoms with Crippen LogP contribution in [-0.4, -0.2) is 58.2 Å². The van der Waals surface area contributed by atoms with Gasteiger partial charge in [-0.2, -0.15) is 0 Å². The average Bonchev–Trinajstić information content (AvgIpc) is 3.10. The highest BCUT2D eigenvalue weighted by atomic mass is 127. The van der Waals surface area contributed by atoms with Crippen LogP contribution in [-0.2, 0) is 11.3 Å². The molecule has 27 heavy (non-hydrogen) atoms. The van der Waals surface area contributed by atoms with E-state index in [4.69, 9.17) is 4.74 Å². The standard InChI is InChI=1S/C19H28N6O.HI/c1-4-26-17-7-10-24(11-8-17)19(20-3)23-14-16-5-6-18(22-13-16)25-12-9-21-15(25)2;/h5-6,9,12-13,17H,4,7-8,10-11,14H2,1-3H3,(H,20,23);1H. The minimum atomic E-state index is 0. The molecule has 1 N–H and O–H groups in total. The van der Waals surface area contributed by atoms with Crippen LogP contribution in [0.4, 0.5) is 0 Å². The Balaban J connectivity index is 0.00000261. The van der Waals surface area contributed by atoms with E-state index < -0.39 is 0 Å². The molecular weight excluding hydrogens is 455 g/mol. The zero-order valence-corrected chi connectivity index (χ0v) is 18.6. The quantitative estimate of drug-likeness (QED) is 0.402. The third kappa shape index (κ3) is 5.65. The Kier molecular flexibility index (Phi) is 8.49. The second-order valence-corrected chi connectivity index (χ2v) is 6.41. The third-order valence-corrected chi connectivity index (χ3v) is 4.69. The van der Waals surface area contributed by atoms with Gasteiger partial charge in [0.2, 0.25) is 0 Å². The van der Waals surface area contributed by atoms with Crippen LogP contribution in [0.2, 0.25) is 0 Å². The molecule has 0 radical (unpaired) electrons. The van der Waals surface area contributed by atoms with Crippen molar-refractivity contribution in [3.63, 3.8) is 0 Å². The van der Waals surface area contributed by atoms with E-state index in [1.807, 2.05) is 37.0 Å². The number of aliphatic imine (C=N–C) groups is 1. The maximum absolute atomic E-state index is 5.72. The minimum Gasteiger partial charge on any atom is -0.378 e. The van der Waals surface area contributed by atoms with Gasteiger partial charge in [0.1, 0.15) is 11.6 Å². The highest BCUT2D eigenvalue weighted by molar-refractivity contribution is 14.0. The van der Waals surface area contributed by atoms with Gasteiger partial charge < -0.3 is 15.0 Å². The first-order valence-electron chi connectivity index (χ1n) is 9.23. The summed E-state index contributed by atoms with van der Waals surface area (Å²) in [5.41, 5.74) is 1.12. The largest absolute Gasteiger partial charge is 0.378 e. The molecule has 2 aromatic heterocycles. The molecule has 3 rings (SSSR count). The average molecular weight is 484 g/mol. The molecule has 0 aromatic carbocycles. The first kappa shape index (κ1) is 21.6. The number of nitrogens with one attached hydrogen (secondary N) is 1. The first-order valence-corrected chi connectivity index (χ1v) is 9.23. The van der Waals surface area contributed by atoms with Crippen molar-refractivity contribution < 1.29 is 4.74 Å². The van der Waals surface area contributed by atoms with Crippen LogP contribution in [0.25, 0.3) is 5.82 Å². The Labute approximate surface area is 178 Å². The molecule has 0 spiro atoms. The molecular formula is C19H29IN6O. The van der Waals surface area contributed by atoms with E-state index in [2.05, 4.69) is 38.2 Å². The number of piperidine rings is 1. The number of nitrogens with zero attached hydrogens (tertiary/aromatic N) is 5. The molecule has 7 nitrogen and oxygen atoms in total. The number of pyridine rings is 1. The molecule has 2 aromatic rings. The maximum Gasteiger partial charge on any atom is 0.193 e. The van der Waals surface area contributed by atoms with Gasteiger partial charge in [0, 0.05) is 51.9 Å². The van der Waals surface area contributed by atoms with Gasteiger partial charge in [-0.05, 0) is 38.3 Å². The van der Waals surface area contributed by atoms with E-state index in [0.717, 1.165) is 55.7 Å². The highest BCUT2D eigenvalue weighted by Gasteiger charge is 2.21. The van der Waals surface area contributed by atoms with Gasteiger partial charge in [-0.25, -0.2) is 9.97 Å². The summed E-state index contributed by atoms with van der Waals surface area (Å²) in [4.78, 5) is 15.5. The third-order valence-electron chi connectivity index (χ3n) is 4.69. The molecule has 1 saturated heterocycles. The van der Waals surface area contributed by atoms with Gasteiger partial charge in [-0.3, -0.25) is 9.56 Å². The van der Waals surface area contributed by atoms with Crippen molar-refractivity contribution >= 4 is 29.9 Å². The fourth-order valence-electron chi connectivity index (χ4n) is 3.27. The summed E-state index contributed by atoms with van der Waals surface area (Å²) in [7, 11) is 1.83. The molecule has 1 fully saturated rings. The first-order chi connectivity index (χ1) is 12.7. The van der Waals surface area contributed by atoms with E-state index in [1.54, 1.807) is 6.20 Å². The van der Waals surface area contributed by atoms with Crippen LogP contribution >= 0.6 is 24.0 Å². The normalized spacial score (nSPS) is 15.5. The van der Waals surface area contributed by atoms with Crippen molar-refractivity contribution in [3.05, 3.63) is 42.1 Å². The fourth-order valence-corrected chi connectivity index (χ4v) is 3.27. The summed E-state index contributed by atoms with van der Waals surface area (Å²) in [6.45, 7) is 7.46.